The summed E-state index contributed by atoms with van der Waals surface area (Å²) in [6, 6.07) is 6.88. The first kappa shape index (κ1) is 17.5. The number of nitrogen functional groups attached to an aromatic ring is 1. The number of thiophene rings is 1. The predicted molar refractivity (Wildman–Crippen MR) is 115 cm³/mol. The second-order valence-electron chi connectivity index (χ2n) is 7.40. The third-order valence-electron chi connectivity index (χ3n) is 5.51. The van der Waals surface area contributed by atoms with Crippen molar-refractivity contribution < 1.29 is 4.74 Å². The molecule has 4 aromatic rings. The van der Waals surface area contributed by atoms with Gasteiger partial charge in [0.2, 0.25) is 0 Å². The van der Waals surface area contributed by atoms with Gasteiger partial charge in [0.25, 0.3) is 0 Å². The second-order valence-corrected chi connectivity index (χ2v) is 8.46. The molecule has 5 rings (SSSR count). The summed E-state index contributed by atoms with van der Waals surface area (Å²) in [5.74, 6) is 1.44. The molecule has 1 aliphatic rings. The van der Waals surface area contributed by atoms with E-state index in [0.29, 0.717) is 11.9 Å². The van der Waals surface area contributed by atoms with Crippen molar-refractivity contribution >= 4 is 38.3 Å². The van der Waals surface area contributed by atoms with Crippen LogP contribution in [0.25, 0.3) is 31.6 Å². The molecule has 1 aliphatic heterocycles. The van der Waals surface area contributed by atoms with E-state index in [1.807, 2.05) is 0 Å². The van der Waals surface area contributed by atoms with E-state index in [9.17, 15) is 0 Å². The number of hydrogen-bond acceptors (Lipinski definition) is 6. The largest absolute Gasteiger partial charge is 0.495 e. The predicted octanol–water partition coefficient (Wildman–Crippen LogP) is 4.14. The maximum Gasteiger partial charge on any atom is 0.146 e. The Bertz CT molecular complexity index is 1170. The van der Waals surface area contributed by atoms with Crippen molar-refractivity contribution in [3.8, 4) is 16.2 Å². The lowest BCUT2D eigenvalue weighted by Crippen LogP contribution is -2.31. The summed E-state index contributed by atoms with van der Waals surface area (Å²) in [5, 5.41) is 5.62. The highest BCUT2D eigenvalue weighted by Gasteiger charge is 2.23. The zero-order valence-corrected chi connectivity index (χ0v) is 16.8. The van der Waals surface area contributed by atoms with E-state index in [1.54, 1.807) is 24.8 Å². The standard InChI is InChI=1S/C21H23N5OS/c1-12-6-13-8-17(28-19(13)16(7-12)27-2)15-10-26(14-4-3-5-23-9-14)21-18(15)20(22)24-11-25-21/h6-8,10-11,14,23H,3-5,9H2,1-2H3,(H2,22,24,25). The summed E-state index contributed by atoms with van der Waals surface area (Å²) in [5.41, 5.74) is 9.51. The molecule has 0 bridgehead atoms. The molecule has 1 unspecified atom stereocenters. The zero-order valence-electron chi connectivity index (χ0n) is 16.0. The number of nitrogens with zero attached hydrogens (tertiary/aromatic N) is 3. The summed E-state index contributed by atoms with van der Waals surface area (Å²) in [6.07, 6.45) is 6.07. The third kappa shape index (κ3) is 2.73. The maximum absolute atomic E-state index is 6.31. The summed E-state index contributed by atoms with van der Waals surface area (Å²) in [7, 11) is 1.72. The summed E-state index contributed by atoms with van der Waals surface area (Å²) >= 11 is 1.73. The van der Waals surface area contributed by atoms with Gasteiger partial charge in [0.15, 0.2) is 0 Å². The summed E-state index contributed by atoms with van der Waals surface area (Å²) < 4.78 is 9.05. The molecule has 7 heteroatoms. The molecule has 4 heterocycles. The fourth-order valence-corrected chi connectivity index (χ4v) is 5.34. The van der Waals surface area contributed by atoms with Crippen LogP contribution >= 0.6 is 11.3 Å². The van der Waals surface area contributed by atoms with Gasteiger partial charge in [0.05, 0.1) is 17.2 Å². The van der Waals surface area contributed by atoms with Gasteiger partial charge in [-0.15, -0.1) is 11.3 Å². The molecule has 0 spiro atoms. The first-order valence-electron chi connectivity index (χ1n) is 9.56. The van der Waals surface area contributed by atoms with Crippen molar-refractivity contribution in [2.45, 2.75) is 25.8 Å². The first-order valence-corrected chi connectivity index (χ1v) is 10.4. The van der Waals surface area contributed by atoms with E-state index in [0.717, 1.165) is 51.4 Å². The van der Waals surface area contributed by atoms with Gasteiger partial charge < -0.3 is 20.4 Å². The highest BCUT2D eigenvalue weighted by Crippen LogP contribution is 2.43. The van der Waals surface area contributed by atoms with Gasteiger partial charge in [-0.05, 0) is 49.4 Å². The van der Waals surface area contributed by atoms with Crippen molar-refractivity contribution in [3.63, 3.8) is 0 Å². The molecular weight excluding hydrogens is 370 g/mol. The van der Waals surface area contributed by atoms with Gasteiger partial charge in [-0.2, -0.15) is 0 Å². The molecule has 0 amide bonds. The van der Waals surface area contributed by atoms with Crippen LogP contribution in [0, 0.1) is 6.92 Å². The Morgan fingerprint density at radius 3 is 2.96 bits per heavy atom. The van der Waals surface area contributed by atoms with Crippen molar-refractivity contribution in [1.82, 2.24) is 19.9 Å². The number of fused-ring (bicyclic) bond motifs is 2. The number of hydrogen-bond donors (Lipinski definition) is 2. The lowest BCUT2D eigenvalue weighted by atomic mass is 10.1. The van der Waals surface area contributed by atoms with E-state index in [1.165, 1.54) is 17.4 Å². The smallest absolute Gasteiger partial charge is 0.146 e. The van der Waals surface area contributed by atoms with Gasteiger partial charge in [-0.25, -0.2) is 9.97 Å². The Labute approximate surface area is 167 Å². The van der Waals surface area contributed by atoms with Crippen LogP contribution in [0.5, 0.6) is 5.75 Å². The number of ether oxygens (including phenoxy) is 1. The minimum atomic E-state index is 0.380. The molecule has 28 heavy (non-hydrogen) atoms. The molecule has 1 saturated heterocycles. The lowest BCUT2D eigenvalue weighted by molar-refractivity contribution is 0.378. The van der Waals surface area contributed by atoms with Gasteiger partial charge >= 0.3 is 0 Å². The maximum atomic E-state index is 6.31. The molecule has 6 nitrogen and oxygen atoms in total. The number of nitrogens with one attached hydrogen (secondary N) is 1. The SMILES string of the molecule is COc1cc(C)cc2cc(-c3cn(C4CCCNC4)c4ncnc(N)c34)sc12. The third-order valence-corrected chi connectivity index (χ3v) is 6.71. The quantitative estimate of drug-likeness (QED) is 0.547. The zero-order chi connectivity index (χ0) is 19.3. The van der Waals surface area contributed by atoms with Crippen LogP contribution in [0.2, 0.25) is 0 Å². The first-order chi connectivity index (χ1) is 13.7. The number of aryl methyl sites for hydroxylation is 1. The Morgan fingerprint density at radius 2 is 2.18 bits per heavy atom. The number of aromatic nitrogens is 3. The fourth-order valence-electron chi connectivity index (χ4n) is 4.19. The average molecular weight is 394 g/mol. The second kappa shape index (κ2) is 6.76. The van der Waals surface area contributed by atoms with E-state index in [-0.39, 0.29) is 0 Å². The molecule has 1 atom stereocenters. The van der Waals surface area contributed by atoms with Gasteiger partial charge in [-0.3, -0.25) is 0 Å². The summed E-state index contributed by atoms with van der Waals surface area (Å²) in [6.45, 7) is 4.12. The van der Waals surface area contributed by atoms with Crippen molar-refractivity contribution in [2.75, 3.05) is 25.9 Å². The van der Waals surface area contributed by atoms with Crippen LogP contribution in [0.4, 0.5) is 5.82 Å². The van der Waals surface area contributed by atoms with E-state index >= 15 is 0 Å². The van der Waals surface area contributed by atoms with E-state index in [2.05, 4.69) is 51.2 Å². The average Bonchev–Trinajstić information content (AvgIpc) is 3.30. The lowest BCUT2D eigenvalue weighted by Gasteiger charge is -2.24. The number of nitrogens with two attached hydrogens (primary N) is 1. The van der Waals surface area contributed by atoms with E-state index in [4.69, 9.17) is 10.5 Å². The van der Waals surface area contributed by atoms with Crippen LogP contribution in [-0.2, 0) is 0 Å². The minimum absolute atomic E-state index is 0.380. The monoisotopic (exact) mass is 393 g/mol. The molecule has 3 N–H and O–H groups in total. The topological polar surface area (TPSA) is 78.0 Å². The molecule has 0 saturated carbocycles. The van der Waals surface area contributed by atoms with Crippen LogP contribution in [-0.4, -0.2) is 34.7 Å². The molecule has 3 aromatic heterocycles. The van der Waals surface area contributed by atoms with Crippen molar-refractivity contribution in [3.05, 3.63) is 36.3 Å². The Kier molecular flexibility index (Phi) is 4.21. The van der Waals surface area contributed by atoms with Gasteiger partial charge in [0.1, 0.15) is 23.5 Å². The number of rotatable bonds is 3. The fraction of sp³-hybridized carbons (Fsp3) is 0.333. The van der Waals surface area contributed by atoms with Gasteiger partial charge in [0, 0.05) is 29.2 Å². The van der Waals surface area contributed by atoms with Crippen LogP contribution in [0.15, 0.2) is 30.7 Å². The molecule has 0 radical (unpaired) electrons. The van der Waals surface area contributed by atoms with Crippen molar-refractivity contribution in [2.24, 2.45) is 0 Å². The van der Waals surface area contributed by atoms with Crippen molar-refractivity contribution in [1.29, 1.82) is 0 Å². The van der Waals surface area contributed by atoms with Crippen LogP contribution in [0.1, 0.15) is 24.4 Å². The van der Waals surface area contributed by atoms with E-state index < -0.39 is 0 Å². The number of piperidine rings is 1. The normalized spacial score (nSPS) is 17.4. The minimum Gasteiger partial charge on any atom is -0.495 e. The molecule has 1 fully saturated rings. The Morgan fingerprint density at radius 1 is 1.29 bits per heavy atom. The number of anilines is 1. The molecular formula is C21H23N5OS. The summed E-state index contributed by atoms with van der Waals surface area (Å²) in [4.78, 5) is 10.0. The van der Waals surface area contributed by atoms with Crippen LogP contribution in [0.3, 0.4) is 0 Å². The Hall–Kier alpha value is -2.64. The molecule has 0 aliphatic carbocycles. The van der Waals surface area contributed by atoms with Gasteiger partial charge in [-0.1, -0.05) is 6.07 Å². The molecule has 144 valence electrons. The number of methoxy groups -OCH3 is 1. The number of benzene rings is 1. The Balaban J connectivity index is 1.74. The molecule has 1 aromatic carbocycles. The highest BCUT2D eigenvalue weighted by atomic mass is 32.1. The van der Waals surface area contributed by atoms with Crippen LogP contribution < -0.4 is 15.8 Å². The highest BCUT2D eigenvalue weighted by molar-refractivity contribution is 7.22.